The molecule has 11 heteroatoms. The normalized spacial score (nSPS) is 11.0. The fourth-order valence-corrected chi connectivity index (χ4v) is 4.59. The maximum atomic E-state index is 11.5. The summed E-state index contributed by atoms with van der Waals surface area (Å²) in [6, 6.07) is 13.4. The number of primary amides is 1. The standard InChI is InChI=1S/C26H25N7O3S/c1-4-35-21-13-18-19(14-22(21)36-5-2)30-26(33-11-7-10-28-33)31-24(18)32(3)17-9-6-8-16(12-17)20-15-37-25(29-20)23(27)34/h6-15H,4-5H2,1-3H3,(H2,27,34). The number of amides is 1. The molecule has 188 valence electrons. The van der Waals surface area contributed by atoms with Crippen LogP contribution in [0.15, 0.2) is 60.2 Å². The molecular formula is C26H25N7O3S. The Labute approximate surface area is 217 Å². The van der Waals surface area contributed by atoms with Gasteiger partial charge in [-0.2, -0.15) is 10.1 Å². The van der Waals surface area contributed by atoms with E-state index < -0.39 is 5.91 Å². The van der Waals surface area contributed by atoms with Crippen LogP contribution in [-0.4, -0.2) is 50.9 Å². The summed E-state index contributed by atoms with van der Waals surface area (Å²) >= 11 is 1.22. The van der Waals surface area contributed by atoms with Crippen molar-refractivity contribution < 1.29 is 14.3 Å². The number of benzene rings is 2. The quantitative estimate of drug-likeness (QED) is 0.302. The number of carbonyl (C=O) groups excluding carboxylic acids is 1. The predicted octanol–water partition coefficient (Wildman–Crippen LogP) is 4.60. The van der Waals surface area contributed by atoms with Gasteiger partial charge >= 0.3 is 0 Å². The SMILES string of the molecule is CCOc1cc2nc(-n3cccn3)nc(N(C)c3cccc(-c4csc(C(N)=O)n4)c3)c2cc1OCC. The molecule has 10 nitrogen and oxygen atoms in total. The van der Waals surface area contributed by atoms with E-state index in [-0.39, 0.29) is 5.01 Å². The highest BCUT2D eigenvalue weighted by Gasteiger charge is 2.19. The van der Waals surface area contributed by atoms with Crippen LogP contribution in [0.25, 0.3) is 28.1 Å². The van der Waals surface area contributed by atoms with Gasteiger partial charge in [-0.3, -0.25) is 4.79 Å². The molecule has 0 saturated heterocycles. The number of carbonyl (C=O) groups is 1. The minimum Gasteiger partial charge on any atom is -0.490 e. The van der Waals surface area contributed by atoms with Crippen LogP contribution in [0.3, 0.4) is 0 Å². The van der Waals surface area contributed by atoms with Gasteiger partial charge in [-0.05, 0) is 38.1 Å². The monoisotopic (exact) mass is 515 g/mol. The number of nitrogens with two attached hydrogens (primary N) is 1. The summed E-state index contributed by atoms with van der Waals surface area (Å²) in [6.07, 6.45) is 3.47. The lowest BCUT2D eigenvalue weighted by molar-refractivity contribution is 0.1000. The van der Waals surface area contributed by atoms with E-state index in [4.69, 9.17) is 25.2 Å². The largest absolute Gasteiger partial charge is 0.490 e. The molecule has 0 aliphatic carbocycles. The third-order valence-electron chi connectivity index (χ3n) is 5.60. The molecule has 0 unspecified atom stereocenters. The average molecular weight is 516 g/mol. The second-order valence-electron chi connectivity index (χ2n) is 7.99. The topological polar surface area (TPSA) is 121 Å². The van der Waals surface area contributed by atoms with E-state index in [1.54, 1.807) is 17.1 Å². The first-order valence-corrected chi connectivity index (χ1v) is 12.6. The van der Waals surface area contributed by atoms with E-state index in [1.807, 2.05) is 73.6 Å². The van der Waals surface area contributed by atoms with Crippen LogP contribution >= 0.6 is 11.3 Å². The van der Waals surface area contributed by atoms with Crippen molar-refractivity contribution in [2.75, 3.05) is 25.2 Å². The molecule has 5 aromatic rings. The minimum atomic E-state index is -0.542. The summed E-state index contributed by atoms with van der Waals surface area (Å²) in [6.45, 7) is 4.84. The van der Waals surface area contributed by atoms with E-state index in [0.717, 1.165) is 16.6 Å². The zero-order valence-electron chi connectivity index (χ0n) is 20.6. The molecule has 2 N–H and O–H groups in total. The van der Waals surface area contributed by atoms with Crippen molar-refractivity contribution in [1.29, 1.82) is 0 Å². The van der Waals surface area contributed by atoms with E-state index >= 15 is 0 Å². The number of fused-ring (bicyclic) bond motifs is 1. The smallest absolute Gasteiger partial charge is 0.277 e. The Kier molecular flexibility index (Phi) is 6.69. The number of anilines is 2. The fraction of sp³-hybridized carbons (Fsp3) is 0.192. The van der Waals surface area contributed by atoms with Crippen molar-refractivity contribution in [3.63, 3.8) is 0 Å². The number of thiazole rings is 1. The van der Waals surface area contributed by atoms with E-state index in [1.165, 1.54) is 11.3 Å². The second-order valence-corrected chi connectivity index (χ2v) is 8.85. The van der Waals surface area contributed by atoms with Gasteiger partial charge in [0.05, 0.1) is 24.4 Å². The van der Waals surface area contributed by atoms with Crippen molar-refractivity contribution in [1.82, 2.24) is 24.7 Å². The maximum absolute atomic E-state index is 11.5. The highest BCUT2D eigenvalue weighted by Crippen LogP contribution is 2.38. The number of rotatable bonds is 9. The third-order valence-corrected chi connectivity index (χ3v) is 6.46. The molecule has 0 fully saturated rings. The summed E-state index contributed by atoms with van der Waals surface area (Å²) in [4.78, 5) is 27.5. The highest BCUT2D eigenvalue weighted by atomic mass is 32.1. The van der Waals surface area contributed by atoms with Crippen molar-refractivity contribution >= 4 is 39.7 Å². The molecule has 0 aliphatic rings. The van der Waals surface area contributed by atoms with Crippen LogP contribution in [0.4, 0.5) is 11.5 Å². The Hall–Kier alpha value is -4.51. The van der Waals surface area contributed by atoms with E-state index in [9.17, 15) is 4.79 Å². The number of nitrogens with zero attached hydrogens (tertiary/aromatic N) is 6. The first-order chi connectivity index (χ1) is 18.0. The van der Waals surface area contributed by atoms with Gasteiger partial charge in [-0.25, -0.2) is 14.6 Å². The van der Waals surface area contributed by atoms with Gasteiger partial charge in [0, 0.05) is 47.5 Å². The molecule has 0 atom stereocenters. The van der Waals surface area contributed by atoms with E-state index in [0.29, 0.717) is 47.7 Å². The molecule has 3 heterocycles. The van der Waals surface area contributed by atoms with Gasteiger partial charge in [0.2, 0.25) is 0 Å². The summed E-state index contributed by atoms with van der Waals surface area (Å²) in [5, 5.41) is 7.20. The lowest BCUT2D eigenvalue weighted by atomic mass is 10.1. The molecule has 0 saturated carbocycles. The summed E-state index contributed by atoms with van der Waals surface area (Å²) in [5.41, 5.74) is 8.48. The Morgan fingerprint density at radius 1 is 1.05 bits per heavy atom. The average Bonchev–Trinajstić information content (AvgIpc) is 3.62. The summed E-state index contributed by atoms with van der Waals surface area (Å²) in [5.74, 6) is 1.78. The van der Waals surface area contributed by atoms with Crippen LogP contribution in [0, 0.1) is 0 Å². The number of aromatic nitrogens is 5. The minimum absolute atomic E-state index is 0.271. The first-order valence-electron chi connectivity index (χ1n) is 11.7. The zero-order chi connectivity index (χ0) is 25.9. The highest BCUT2D eigenvalue weighted by molar-refractivity contribution is 7.12. The van der Waals surface area contributed by atoms with Crippen molar-refractivity contribution in [3.8, 4) is 28.7 Å². The second kappa shape index (κ2) is 10.2. The Morgan fingerprint density at radius 2 is 1.84 bits per heavy atom. The molecule has 0 bridgehead atoms. The molecule has 0 radical (unpaired) electrons. The summed E-state index contributed by atoms with van der Waals surface area (Å²) < 4.78 is 13.3. The third kappa shape index (κ3) is 4.81. The Balaban J connectivity index is 1.65. The van der Waals surface area contributed by atoms with Crippen LogP contribution < -0.4 is 20.1 Å². The molecule has 1 amide bonds. The van der Waals surface area contributed by atoms with Crippen molar-refractivity contribution in [3.05, 3.63) is 65.2 Å². The number of ether oxygens (including phenoxy) is 2. The molecule has 0 spiro atoms. The lowest BCUT2D eigenvalue weighted by Crippen LogP contribution is -2.15. The lowest BCUT2D eigenvalue weighted by Gasteiger charge is -2.22. The Bertz CT molecular complexity index is 1570. The van der Waals surface area contributed by atoms with Crippen LogP contribution in [0.1, 0.15) is 23.6 Å². The van der Waals surface area contributed by atoms with Gasteiger partial charge in [0.1, 0.15) is 5.82 Å². The molecule has 5 rings (SSSR count). The zero-order valence-corrected chi connectivity index (χ0v) is 21.4. The molecule has 37 heavy (non-hydrogen) atoms. The maximum Gasteiger partial charge on any atom is 0.277 e. The van der Waals surface area contributed by atoms with Gasteiger partial charge in [0.15, 0.2) is 16.5 Å². The Morgan fingerprint density at radius 3 is 2.51 bits per heavy atom. The van der Waals surface area contributed by atoms with Crippen molar-refractivity contribution in [2.24, 2.45) is 5.73 Å². The predicted molar refractivity (Wildman–Crippen MR) is 143 cm³/mol. The van der Waals surface area contributed by atoms with E-state index in [2.05, 4.69) is 10.1 Å². The number of hydrogen-bond acceptors (Lipinski definition) is 9. The van der Waals surface area contributed by atoms with Crippen LogP contribution in [0.2, 0.25) is 0 Å². The van der Waals surface area contributed by atoms with Gasteiger partial charge in [0.25, 0.3) is 11.9 Å². The molecular weight excluding hydrogens is 490 g/mol. The molecule has 0 aliphatic heterocycles. The van der Waals surface area contributed by atoms with Crippen molar-refractivity contribution in [2.45, 2.75) is 13.8 Å². The number of hydrogen-bond donors (Lipinski definition) is 1. The molecule has 3 aromatic heterocycles. The first kappa shape index (κ1) is 24.2. The van der Waals surface area contributed by atoms with Crippen LogP contribution in [-0.2, 0) is 0 Å². The van der Waals surface area contributed by atoms with Gasteiger partial charge < -0.3 is 20.1 Å². The summed E-state index contributed by atoms with van der Waals surface area (Å²) in [7, 11) is 1.93. The van der Waals surface area contributed by atoms with Gasteiger partial charge in [-0.15, -0.1) is 11.3 Å². The van der Waals surface area contributed by atoms with Gasteiger partial charge in [-0.1, -0.05) is 12.1 Å². The fourth-order valence-electron chi connectivity index (χ4n) is 3.91. The van der Waals surface area contributed by atoms with Crippen LogP contribution in [0.5, 0.6) is 11.5 Å². The molecule has 2 aromatic carbocycles.